The van der Waals surface area contributed by atoms with Crippen LogP contribution in [-0.4, -0.2) is 21.7 Å². The number of benzene rings is 1. The summed E-state index contributed by atoms with van der Waals surface area (Å²) in [4.78, 5) is 11.1. The average molecular weight is 223 g/mol. The van der Waals surface area contributed by atoms with Crippen molar-refractivity contribution in [3.8, 4) is 5.75 Å². The second kappa shape index (κ2) is 4.99. The predicted molar refractivity (Wildman–Crippen MR) is 61.3 cm³/mol. The van der Waals surface area contributed by atoms with Crippen molar-refractivity contribution in [3.05, 3.63) is 29.8 Å². The minimum absolute atomic E-state index is 0.164. The van der Waals surface area contributed by atoms with Gasteiger partial charge in [0.2, 0.25) is 0 Å². The number of phenolic OH excluding ortho intramolecular Hbond substituents is 1. The van der Waals surface area contributed by atoms with Gasteiger partial charge in [-0.2, -0.15) is 0 Å². The average Bonchev–Trinajstić information content (AvgIpc) is 2.22. The smallest absolute Gasteiger partial charge is 0.324 e. The number of nitrogens with two attached hydrogens (primary N) is 1. The molecule has 4 heteroatoms. The largest absolute Gasteiger partial charge is 0.508 e. The van der Waals surface area contributed by atoms with E-state index in [1.807, 2.05) is 6.92 Å². The quantitative estimate of drug-likeness (QED) is 0.706. The Morgan fingerprint density at radius 2 is 1.94 bits per heavy atom. The van der Waals surface area contributed by atoms with Crippen LogP contribution in [0.1, 0.15) is 25.3 Å². The minimum atomic E-state index is -1.22. The Morgan fingerprint density at radius 3 is 2.38 bits per heavy atom. The maximum atomic E-state index is 11.1. The highest BCUT2D eigenvalue weighted by Gasteiger charge is 2.32. The molecule has 16 heavy (non-hydrogen) atoms. The summed E-state index contributed by atoms with van der Waals surface area (Å²) in [7, 11) is 0. The second-order valence-electron chi connectivity index (χ2n) is 4.05. The number of hydrogen-bond acceptors (Lipinski definition) is 3. The zero-order chi connectivity index (χ0) is 12.2. The van der Waals surface area contributed by atoms with E-state index in [2.05, 4.69) is 0 Å². The molecule has 1 aromatic rings. The van der Waals surface area contributed by atoms with Crippen molar-refractivity contribution >= 4 is 5.97 Å². The van der Waals surface area contributed by atoms with Gasteiger partial charge in [-0.15, -0.1) is 0 Å². The lowest BCUT2D eigenvalue weighted by atomic mass is 9.87. The Labute approximate surface area is 94.7 Å². The van der Waals surface area contributed by atoms with Gasteiger partial charge >= 0.3 is 5.97 Å². The molecule has 0 saturated heterocycles. The molecule has 0 aromatic heterocycles. The first-order valence-corrected chi connectivity index (χ1v) is 5.28. The van der Waals surface area contributed by atoms with Crippen LogP contribution in [0, 0.1) is 0 Å². The van der Waals surface area contributed by atoms with E-state index in [1.54, 1.807) is 12.1 Å². The summed E-state index contributed by atoms with van der Waals surface area (Å²) in [5, 5.41) is 18.2. The van der Waals surface area contributed by atoms with E-state index < -0.39 is 11.5 Å². The van der Waals surface area contributed by atoms with Crippen molar-refractivity contribution in [3.63, 3.8) is 0 Å². The maximum absolute atomic E-state index is 11.1. The van der Waals surface area contributed by atoms with Gasteiger partial charge in [0.05, 0.1) is 0 Å². The summed E-state index contributed by atoms with van der Waals surface area (Å²) in [5.74, 6) is -0.820. The molecule has 0 saturated carbocycles. The molecule has 0 aliphatic rings. The molecule has 88 valence electrons. The zero-order valence-electron chi connectivity index (χ0n) is 9.31. The molecule has 0 aliphatic carbocycles. The predicted octanol–water partition coefficient (Wildman–Crippen LogP) is 1.52. The Morgan fingerprint density at radius 1 is 1.38 bits per heavy atom. The van der Waals surface area contributed by atoms with Crippen LogP contribution in [0.4, 0.5) is 0 Å². The molecule has 1 aromatic carbocycles. The first kappa shape index (κ1) is 12.5. The molecule has 4 nitrogen and oxygen atoms in total. The topological polar surface area (TPSA) is 83.5 Å². The summed E-state index contributed by atoms with van der Waals surface area (Å²) in [6, 6.07) is 6.44. The SMILES string of the molecule is CCC[C@](N)(Cc1ccc(O)cc1)C(=O)O. The fourth-order valence-corrected chi connectivity index (χ4v) is 1.70. The van der Waals surface area contributed by atoms with Crippen molar-refractivity contribution in [2.24, 2.45) is 5.73 Å². The van der Waals surface area contributed by atoms with Crippen molar-refractivity contribution in [1.29, 1.82) is 0 Å². The molecule has 1 atom stereocenters. The molecule has 0 amide bonds. The number of aliphatic carboxylic acids is 1. The van der Waals surface area contributed by atoms with Crippen molar-refractivity contribution in [2.45, 2.75) is 31.7 Å². The van der Waals surface area contributed by atoms with E-state index in [4.69, 9.17) is 15.9 Å². The first-order valence-electron chi connectivity index (χ1n) is 5.28. The lowest BCUT2D eigenvalue weighted by molar-refractivity contribution is -0.143. The van der Waals surface area contributed by atoms with Crippen molar-refractivity contribution < 1.29 is 15.0 Å². The molecular weight excluding hydrogens is 206 g/mol. The van der Waals surface area contributed by atoms with E-state index in [0.29, 0.717) is 6.42 Å². The number of aromatic hydroxyl groups is 1. The van der Waals surface area contributed by atoms with E-state index >= 15 is 0 Å². The lowest BCUT2D eigenvalue weighted by Crippen LogP contribution is -2.49. The van der Waals surface area contributed by atoms with Gasteiger partial charge < -0.3 is 15.9 Å². The highest BCUT2D eigenvalue weighted by Crippen LogP contribution is 2.19. The summed E-state index contributed by atoms with van der Waals surface area (Å²) in [6.07, 6.45) is 1.43. The number of carboxylic acid groups (broad SMARTS) is 1. The monoisotopic (exact) mass is 223 g/mol. The molecule has 0 spiro atoms. The van der Waals surface area contributed by atoms with Gasteiger partial charge in [0.1, 0.15) is 11.3 Å². The van der Waals surface area contributed by atoms with E-state index in [1.165, 1.54) is 12.1 Å². The number of carboxylic acids is 1. The van der Waals surface area contributed by atoms with Crippen molar-refractivity contribution in [2.75, 3.05) is 0 Å². The Bertz CT molecular complexity index is 361. The molecular formula is C12H17NO3. The van der Waals surface area contributed by atoms with Crippen LogP contribution in [0.15, 0.2) is 24.3 Å². The highest BCUT2D eigenvalue weighted by atomic mass is 16.4. The number of rotatable bonds is 5. The number of hydrogen-bond donors (Lipinski definition) is 3. The number of carbonyl (C=O) groups is 1. The van der Waals surface area contributed by atoms with Gasteiger partial charge in [0.15, 0.2) is 0 Å². The van der Waals surface area contributed by atoms with Gasteiger partial charge in [-0.1, -0.05) is 25.5 Å². The first-order chi connectivity index (χ1) is 7.48. The molecule has 0 unspecified atom stereocenters. The van der Waals surface area contributed by atoms with Gasteiger partial charge in [-0.05, 0) is 24.1 Å². The van der Waals surface area contributed by atoms with Crippen LogP contribution >= 0.6 is 0 Å². The maximum Gasteiger partial charge on any atom is 0.324 e. The van der Waals surface area contributed by atoms with Gasteiger partial charge in [-0.25, -0.2) is 0 Å². The molecule has 4 N–H and O–H groups in total. The molecule has 0 aliphatic heterocycles. The fraction of sp³-hybridized carbons (Fsp3) is 0.417. The molecule has 0 heterocycles. The molecule has 0 bridgehead atoms. The Kier molecular flexibility index (Phi) is 3.90. The summed E-state index contributed by atoms with van der Waals surface area (Å²) in [5.41, 5.74) is 5.46. The standard InChI is InChI=1S/C12H17NO3/c1-2-7-12(13,11(15)16)8-9-3-5-10(14)6-4-9/h3-6,14H,2,7-8,13H2,1H3,(H,15,16)/t12-/m0/s1. The van der Waals surface area contributed by atoms with Gasteiger partial charge in [0.25, 0.3) is 0 Å². The highest BCUT2D eigenvalue weighted by molar-refractivity contribution is 5.78. The fourth-order valence-electron chi connectivity index (χ4n) is 1.70. The van der Waals surface area contributed by atoms with Crippen LogP contribution in [0.5, 0.6) is 5.75 Å². The molecule has 0 fully saturated rings. The number of phenols is 1. The summed E-state index contributed by atoms with van der Waals surface area (Å²) in [6.45, 7) is 1.90. The van der Waals surface area contributed by atoms with E-state index in [-0.39, 0.29) is 12.2 Å². The summed E-state index contributed by atoms with van der Waals surface area (Å²) < 4.78 is 0. The second-order valence-corrected chi connectivity index (χ2v) is 4.05. The normalized spacial score (nSPS) is 14.4. The van der Waals surface area contributed by atoms with Gasteiger partial charge in [0, 0.05) is 6.42 Å². The molecule has 1 rings (SSSR count). The van der Waals surface area contributed by atoms with E-state index in [9.17, 15) is 4.79 Å². The van der Waals surface area contributed by atoms with Crippen LogP contribution in [0.25, 0.3) is 0 Å². The third kappa shape index (κ3) is 2.97. The van der Waals surface area contributed by atoms with Gasteiger partial charge in [-0.3, -0.25) is 4.79 Å². The van der Waals surface area contributed by atoms with Crippen LogP contribution in [0.2, 0.25) is 0 Å². The third-order valence-corrected chi connectivity index (χ3v) is 2.58. The zero-order valence-corrected chi connectivity index (χ0v) is 9.31. The third-order valence-electron chi connectivity index (χ3n) is 2.58. The Hall–Kier alpha value is -1.55. The summed E-state index contributed by atoms with van der Waals surface area (Å²) >= 11 is 0. The van der Waals surface area contributed by atoms with Crippen molar-refractivity contribution in [1.82, 2.24) is 0 Å². The van der Waals surface area contributed by atoms with Crippen LogP contribution < -0.4 is 5.73 Å². The lowest BCUT2D eigenvalue weighted by Gasteiger charge is -2.24. The minimum Gasteiger partial charge on any atom is -0.508 e. The Balaban J connectivity index is 2.83. The van der Waals surface area contributed by atoms with Crippen LogP contribution in [0.3, 0.4) is 0 Å². The van der Waals surface area contributed by atoms with E-state index in [0.717, 1.165) is 12.0 Å². The van der Waals surface area contributed by atoms with Crippen LogP contribution in [-0.2, 0) is 11.2 Å². The molecule has 0 radical (unpaired) electrons.